The van der Waals surface area contributed by atoms with E-state index >= 15 is 0 Å². The molecule has 2 aromatic carbocycles. The summed E-state index contributed by atoms with van der Waals surface area (Å²) in [5.74, 6) is 1.13. The molecule has 0 bridgehead atoms. The van der Waals surface area contributed by atoms with Crippen molar-refractivity contribution in [2.24, 2.45) is 0 Å². The fraction of sp³-hybridized carbons (Fsp3) is 0.261. The van der Waals surface area contributed by atoms with Crippen molar-refractivity contribution in [3.63, 3.8) is 0 Å². The molecule has 3 aromatic rings. The Morgan fingerprint density at radius 1 is 0.966 bits per heavy atom. The van der Waals surface area contributed by atoms with Crippen LogP contribution in [0.25, 0.3) is 0 Å². The monoisotopic (exact) mass is 388 g/mol. The number of hydrogen-bond acceptors (Lipinski definition) is 5. The molecule has 148 valence electrons. The minimum absolute atomic E-state index is 0.247. The molecule has 1 N–H and O–H groups in total. The molecule has 1 fully saturated rings. The van der Waals surface area contributed by atoms with Gasteiger partial charge in [0.1, 0.15) is 18.1 Å². The molecular weight excluding hydrogens is 364 g/mol. The average Bonchev–Trinajstić information content (AvgIpc) is 2.80. The molecule has 4 rings (SSSR count). The van der Waals surface area contributed by atoms with Gasteiger partial charge in [-0.1, -0.05) is 30.3 Å². The number of hydrogen-bond donors (Lipinski definition) is 1. The van der Waals surface area contributed by atoms with Crippen LogP contribution in [-0.4, -0.2) is 29.0 Å². The third kappa shape index (κ3) is 5.10. The number of piperidine rings is 1. The number of nitrogens with one attached hydrogen (secondary N) is 1. The number of benzene rings is 2. The van der Waals surface area contributed by atoms with E-state index in [4.69, 9.17) is 4.74 Å². The minimum Gasteiger partial charge on any atom is -0.489 e. The number of amides is 1. The quantitative estimate of drug-likeness (QED) is 0.682. The second-order valence-electron chi connectivity index (χ2n) is 7.04. The molecule has 1 amide bonds. The summed E-state index contributed by atoms with van der Waals surface area (Å²) in [5.41, 5.74) is 2.17. The number of carbonyl (C=O) groups is 1. The van der Waals surface area contributed by atoms with E-state index in [9.17, 15) is 4.79 Å². The maximum atomic E-state index is 12.6. The van der Waals surface area contributed by atoms with Gasteiger partial charge in [-0.15, -0.1) is 0 Å². The first-order valence-corrected chi connectivity index (χ1v) is 9.94. The topological polar surface area (TPSA) is 67.3 Å². The highest BCUT2D eigenvalue weighted by Gasteiger charge is 2.16. The largest absolute Gasteiger partial charge is 0.489 e. The Hall–Kier alpha value is -3.41. The standard InChI is InChI=1S/C23H24N4O2/c28-22(21-13-14-24-23(26-21)27-15-5-2-6-16-27)25-19-9-11-20(12-10-19)29-17-18-7-3-1-4-8-18/h1,3-4,7-14H,2,5-6,15-17H2,(H,25,28). The fourth-order valence-electron chi connectivity index (χ4n) is 3.29. The Kier molecular flexibility index (Phi) is 6.00. The first-order valence-electron chi connectivity index (χ1n) is 9.94. The van der Waals surface area contributed by atoms with Crippen LogP contribution < -0.4 is 15.0 Å². The maximum Gasteiger partial charge on any atom is 0.274 e. The van der Waals surface area contributed by atoms with E-state index in [1.807, 2.05) is 54.6 Å². The molecule has 0 saturated carbocycles. The Bertz CT molecular complexity index is 939. The normalized spacial score (nSPS) is 13.7. The van der Waals surface area contributed by atoms with Gasteiger partial charge in [-0.05, 0) is 55.2 Å². The zero-order chi connectivity index (χ0) is 19.9. The van der Waals surface area contributed by atoms with Gasteiger partial charge in [0.25, 0.3) is 5.91 Å². The van der Waals surface area contributed by atoms with E-state index in [0.29, 0.717) is 23.9 Å². The van der Waals surface area contributed by atoms with Crippen LogP contribution in [0.15, 0.2) is 66.9 Å². The van der Waals surface area contributed by atoms with E-state index in [1.165, 1.54) is 6.42 Å². The van der Waals surface area contributed by atoms with Crippen molar-refractivity contribution in [2.45, 2.75) is 25.9 Å². The zero-order valence-corrected chi connectivity index (χ0v) is 16.3. The molecule has 0 aliphatic carbocycles. The highest BCUT2D eigenvalue weighted by atomic mass is 16.5. The second kappa shape index (κ2) is 9.19. The predicted molar refractivity (Wildman–Crippen MR) is 113 cm³/mol. The Morgan fingerprint density at radius 3 is 2.48 bits per heavy atom. The van der Waals surface area contributed by atoms with Crippen LogP contribution in [0, 0.1) is 0 Å². The summed E-state index contributed by atoms with van der Waals surface area (Å²) in [6, 6.07) is 19.0. The molecule has 29 heavy (non-hydrogen) atoms. The number of anilines is 2. The molecule has 1 aromatic heterocycles. The Balaban J connectivity index is 1.35. The summed E-state index contributed by atoms with van der Waals surface area (Å²) < 4.78 is 5.78. The van der Waals surface area contributed by atoms with Crippen LogP contribution in [0.5, 0.6) is 5.75 Å². The molecule has 0 atom stereocenters. The molecule has 6 nitrogen and oxygen atoms in total. The van der Waals surface area contributed by atoms with E-state index < -0.39 is 0 Å². The molecule has 1 aliphatic heterocycles. The van der Waals surface area contributed by atoms with Gasteiger partial charge in [-0.25, -0.2) is 9.97 Å². The Labute approximate surface area is 170 Å². The van der Waals surface area contributed by atoms with Crippen molar-refractivity contribution < 1.29 is 9.53 Å². The number of rotatable bonds is 6. The maximum absolute atomic E-state index is 12.6. The van der Waals surface area contributed by atoms with Gasteiger partial charge in [-0.2, -0.15) is 0 Å². The molecular formula is C23H24N4O2. The van der Waals surface area contributed by atoms with Crippen molar-refractivity contribution in [1.82, 2.24) is 9.97 Å². The molecule has 2 heterocycles. The first kappa shape index (κ1) is 18.9. The van der Waals surface area contributed by atoms with E-state index in [1.54, 1.807) is 12.3 Å². The molecule has 0 radical (unpaired) electrons. The lowest BCUT2D eigenvalue weighted by Gasteiger charge is -2.26. The van der Waals surface area contributed by atoms with Crippen molar-refractivity contribution in [3.8, 4) is 5.75 Å². The molecule has 0 unspecified atom stereocenters. The van der Waals surface area contributed by atoms with Crippen LogP contribution in [0.3, 0.4) is 0 Å². The smallest absolute Gasteiger partial charge is 0.274 e. The lowest BCUT2D eigenvalue weighted by molar-refractivity contribution is 0.102. The number of ether oxygens (including phenoxy) is 1. The molecule has 0 spiro atoms. The minimum atomic E-state index is -0.247. The van der Waals surface area contributed by atoms with Crippen molar-refractivity contribution in [1.29, 1.82) is 0 Å². The predicted octanol–water partition coefficient (Wildman–Crippen LogP) is 4.30. The summed E-state index contributed by atoms with van der Waals surface area (Å²) in [6.07, 6.45) is 5.16. The highest BCUT2D eigenvalue weighted by molar-refractivity contribution is 6.03. The van der Waals surface area contributed by atoms with Gasteiger partial charge in [0.05, 0.1) is 0 Å². The summed E-state index contributed by atoms with van der Waals surface area (Å²) >= 11 is 0. The van der Waals surface area contributed by atoms with Gasteiger partial charge in [0.2, 0.25) is 5.95 Å². The summed E-state index contributed by atoms with van der Waals surface area (Å²) in [6.45, 7) is 2.39. The van der Waals surface area contributed by atoms with Gasteiger partial charge in [-0.3, -0.25) is 4.79 Å². The summed E-state index contributed by atoms with van der Waals surface area (Å²) in [4.78, 5) is 23.5. The number of carbonyl (C=O) groups excluding carboxylic acids is 1. The van der Waals surface area contributed by atoms with Crippen molar-refractivity contribution in [3.05, 3.63) is 78.1 Å². The van der Waals surface area contributed by atoms with Crippen LogP contribution in [0.1, 0.15) is 35.3 Å². The van der Waals surface area contributed by atoms with Crippen LogP contribution >= 0.6 is 0 Å². The van der Waals surface area contributed by atoms with Gasteiger partial charge >= 0.3 is 0 Å². The Morgan fingerprint density at radius 2 is 1.72 bits per heavy atom. The van der Waals surface area contributed by atoms with Crippen LogP contribution in [0.4, 0.5) is 11.6 Å². The van der Waals surface area contributed by atoms with Gasteiger partial charge in [0.15, 0.2) is 0 Å². The number of aromatic nitrogens is 2. The van der Waals surface area contributed by atoms with E-state index in [-0.39, 0.29) is 5.91 Å². The van der Waals surface area contributed by atoms with Gasteiger partial charge < -0.3 is 15.0 Å². The van der Waals surface area contributed by atoms with E-state index in [0.717, 1.165) is 37.2 Å². The van der Waals surface area contributed by atoms with Crippen LogP contribution in [0.2, 0.25) is 0 Å². The molecule has 1 saturated heterocycles. The van der Waals surface area contributed by atoms with Crippen molar-refractivity contribution >= 4 is 17.5 Å². The summed E-state index contributed by atoms with van der Waals surface area (Å²) in [7, 11) is 0. The summed E-state index contributed by atoms with van der Waals surface area (Å²) in [5, 5.41) is 2.89. The van der Waals surface area contributed by atoms with E-state index in [2.05, 4.69) is 20.2 Å². The van der Waals surface area contributed by atoms with Crippen molar-refractivity contribution in [2.75, 3.05) is 23.3 Å². The second-order valence-corrected chi connectivity index (χ2v) is 7.04. The third-order valence-corrected chi connectivity index (χ3v) is 4.87. The van der Waals surface area contributed by atoms with Gasteiger partial charge in [0, 0.05) is 25.0 Å². The lowest BCUT2D eigenvalue weighted by atomic mass is 10.1. The first-order chi connectivity index (χ1) is 14.3. The fourth-order valence-corrected chi connectivity index (χ4v) is 3.29. The highest BCUT2D eigenvalue weighted by Crippen LogP contribution is 2.19. The average molecular weight is 388 g/mol. The third-order valence-electron chi connectivity index (χ3n) is 4.87. The molecule has 1 aliphatic rings. The number of nitrogens with zero attached hydrogens (tertiary/aromatic N) is 3. The zero-order valence-electron chi connectivity index (χ0n) is 16.3. The lowest BCUT2D eigenvalue weighted by Crippen LogP contribution is -2.31. The SMILES string of the molecule is O=C(Nc1ccc(OCc2ccccc2)cc1)c1ccnc(N2CCCCC2)n1. The molecule has 6 heteroatoms. The van der Waals surface area contributed by atoms with Crippen LogP contribution in [-0.2, 0) is 6.61 Å².